The fraction of sp³-hybridized carbons (Fsp3) is 1.00. The molecule has 0 aromatic carbocycles. The lowest BCUT2D eigenvalue weighted by atomic mass is 9.65. The molecule has 0 aliphatic heterocycles. The smallest absolute Gasteiger partial charge is 0.0323 e. The van der Waals surface area contributed by atoms with E-state index in [0.717, 1.165) is 11.8 Å². The van der Waals surface area contributed by atoms with E-state index in [1.54, 1.807) is 0 Å². The molecule has 1 aliphatic rings. The van der Waals surface area contributed by atoms with Gasteiger partial charge in [0.15, 0.2) is 0 Å². The molecule has 66 valence electrons. The van der Waals surface area contributed by atoms with Crippen LogP contribution in [0.15, 0.2) is 0 Å². The van der Waals surface area contributed by atoms with Crippen LogP contribution in [0, 0.1) is 17.3 Å². The summed E-state index contributed by atoms with van der Waals surface area (Å²) in [6, 6.07) is 0. The summed E-state index contributed by atoms with van der Waals surface area (Å²) in [5, 5.41) is 0. The Bertz CT molecular complexity index is 124. The summed E-state index contributed by atoms with van der Waals surface area (Å²) in [6.07, 6.45) is 5.73. The third-order valence-corrected chi connectivity index (χ3v) is 3.48. The average molecular weight is 154 g/mol. The van der Waals surface area contributed by atoms with Crippen LogP contribution in [0.5, 0.6) is 0 Å². The molecule has 0 heteroatoms. The van der Waals surface area contributed by atoms with Crippen molar-refractivity contribution in [1.29, 1.82) is 0 Å². The summed E-state index contributed by atoms with van der Waals surface area (Å²) in [5.74, 6) is 1.95. The summed E-state index contributed by atoms with van der Waals surface area (Å²) >= 11 is 0. The lowest BCUT2D eigenvalue weighted by molar-refractivity contribution is 0.0984. The average Bonchev–Trinajstić information content (AvgIpc) is 1.85. The van der Waals surface area contributed by atoms with Crippen molar-refractivity contribution in [2.75, 3.05) is 0 Å². The molecule has 0 heterocycles. The number of hydrogen-bond acceptors (Lipinski definition) is 0. The second-order valence-electron chi connectivity index (χ2n) is 4.98. The van der Waals surface area contributed by atoms with Crippen LogP contribution >= 0.6 is 0 Å². The lowest BCUT2D eigenvalue weighted by Gasteiger charge is -2.41. The Balaban J connectivity index is 2.56. The summed E-state index contributed by atoms with van der Waals surface area (Å²) in [5.41, 5.74) is 0.617. The molecule has 0 aromatic heterocycles. The van der Waals surface area contributed by atoms with Gasteiger partial charge in [0.2, 0.25) is 0 Å². The molecule has 1 rings (SSSR count). The molecular weight excluding hydrogens is 132 g/mol. The van der Waals surface area contributed by atoms with Crippen LogP contribution in [-0.2, 0) is 0 Å². The molecule has 2 atom stereocenters. The van der Waals surface area contributed by atoms with E-state index in [-0.39, 0.29) is 0 Å². The lowest BCUT2D eigenvalue weighted by Crippen LogP contribution is -2.30. The van der Waals surface area contributed by atoms with Gasteiger partial charge in [0.1, 0.15) is 0 Å². The van der Waals surface area contributed by atoms with E-state index in [1.807, 2.05) is 0 Å². The van der Waals surface area contributed by atoms with Gasteiger partial charge in [0.25, 0.3) is 0 Å². The monoisotopic (exact) mass is 154 g/mol. The van der Waals surface area contributed by atoms with E-state index >= 15 is 0 Å². The third-order valence-electron chi connectivity index (χ3n) is 3.48. The first kappa shape index (κ1) is 9.09. The molecule has 0 N–H and O–H groups in total. The van der Waals surface area contributed by atoms with Crippen molar-refractivity contribution in [1.82, 2.24) is 0 Å². The highest BCUT2D eigenvalue weighted by Gasteiger charge is 2.33. The van der Waals surface area contributed by atoms with Crippen molar-refractivity contribution in [3.05, 3.63) is 0 Å². The van der Waals surface area contributed by atoms with Crippen molar-refractivity contribution >= 4 is 0 Å². The minimum absolute atomic E-state index is 0.617. The minimum Gasteiger partial charge on any atom is -0.0651 e. The fourth-order valence-corrected chi connectivity index (χ4v) is 2.80. The van der Waals surface area contributed by atoms with E-state index in [4.69, 9.17) is 0 Å². The summed E-state index contributed by atoms with van der Waals surface area (Å²) < 4.78 is 0. The highest BCUT2D eigenvalue weighted by Crippen LogP contribution is 2.44. The van der Waals surface area contributed by atoms with Gasteiger partial charge in [-0.3, -0.25) is 0 Å². The molecule has 0 nitrogen and oxygen atoms in total. The predicted molar refractivity (Wildman–Crippen MR) is 50.6 cm³/mol. The SMILES string of the molecule is CCC1CC[C@@H](C)CC1(C)C. The van der Waals surface area contributed by atoms with Crippen molar-refractivity contribution in [2.24, 2.45) is 17.3 Å². The zero-order valence-electron chi connectivity index (χ0n) is 8.48. The number of hydrogen-bond donors (Lipinski definition) is 0. The van der Waals surface area contributed by atoms with Gasteiger partial charge in [-0.2, -0.15) is 0 Å². The zero-order valence-corrected chi connectivity index (χ0v) is 8.48. The maximum atomic E-state index is 2.44. The molecule has 0 spiro atoms. The molecule has 1 unspecified atom stereocenters. The standard InChI is InChI=1S/C11H22/c1-5-10-7-6-9(2)8-11(10,3)4/h9-10H,5-8H2,1-4H3/t9-,10?/m1/s1. The van der Waals surface area contributed by atoms with Gasteiger partial charge >= 0.3 is 0 Å². The quantitative estimate of drug-likeness (QED) is 0.538. The van der Waals surface area contributed by atoms with Gasteiger partial charge in [-0.1, -0.05) is 40.5 Å². The summed E-state index contributed by atoms with van der Waals surface area (Å²) in [6.45, 7) is 9.61. The Morgan fingerprint density at radius 1 is 1.27 bits per heavy atom. The van der Waals surface area contributed by atoms with Crippen LogP contribution in [0.4, 0.5) is 0 Å². The van der Waals surface area contributed by atoms with E-state index in [1.165, 1.54) is 25.7 Å². The molecule has 0 amide bonds. The maximum absolute atomic E-state index is 2.44. The van der Waals surface area contributed by atoms with Crippen LogP contribution in [0.2, 0.25) is 0 Å². The summed E-state index contributed by atoms with van der Waals surface area (Å²) in [7, 11) is 0. The van der Waals surface area contributed by atoms with Crippen LogP contribution in [0.3, 0.4) is 0 Å². The first-order chi connectivity index (χ1) is 5.06. The zero-order chi connectivity index (χ0) is 8.48. The van der Waals surface area contributed by atoms with Gasteiger partial charge in [0.05, 0.1) is 0 Å². The highest BCUT2D eigenvalue weighted by molar-refractivity contribution is 4.84. The molecule has 0 aromatic rings. The Hall–Kier alpha value is 0. The van der Waals surface area contributed by atoms with E-state index in [2.05, 4.69) is 27.7 Å². The van der Waals surface area contributed by atoms with Crippen molar-refractivity contribution in [2.45, 2.75) is 53.4 Å². The first-order valence-electron chi connectivity index (χ1n) is 5.06. The van der Waals surface area contributed by atoms with Crippen LogP contribution < -0.4 is 0 Å². The van der Waals surface area contributed by atoms with Crippen LogP contribution in [-0.4, -0.2) is 0 Å². The normalized spacial score (nSPS) is 37.1. The van der Waals surface area contributed by atoms with Crippen molar-refractivity contribution in [3.63, 3.8) is 0 Å². The van der Waals surface area contributed by atoms with Gasteiger partial charge < -0.3 is 0 Å². The van der Waals surface area contributed by atoms with Gasteiger partial charge in [-0.05, 0) is 30.1 Å². The molecule has 11 heavy (non-hydrogen) atoms. The molecule has 0 bridgehead atoms. The van der Waals surface area contributed by atoms with E-state index in [0.29, 0.717) is 5.41 Å². The third kappa shape index (κ3) is 1.98. The molecule has 1 saturated carbocycles. The van der Waals surface area contributed by atoms with Gasteiger partial charge in [-0.15, -0.1) is 0 Å². The topological polar surface area (TPSA) is 0 Å². The fourth-order valence-electron chi connectivity index (χ4n) is 2.80. The van der Waals surface area contributed by atoms with Crippen molar-refractivity contribution < 1.29 is 0 Å². The molecule has 1 fully saturated rings. The van der Waals surface area contributed by atoms with Crippen molar-refractivity contribution in [3.8, 4) is 0 Å². The molecule has 1 aliphatic carbocycles. The Labute approximate surface area is 71.4 Å². The second kappa shape index (κ2) is 3.16. The molecule has 0 saturated heterocycles. The highest BCUT2D eigenvalue weighted by atomic mass is 14.4. The minimum atomic E-state index is 0.617. The predicted octanol–water partition coefficient (Wildman–Crippen LogP) is 3.86. The van der Waals surface area contributed by atoms with Gasteiger partial charge in [-0.25, -0.2) is 0 Å². The van der Waals surface area contributed by atoms with E-state index < -0.39 is 0 Å². The second-order valence-corrected chi connectivity index (χ2v) is 4.98. The van der Waals surface area contributed by atoms with Crippen LogP contribution in [0.25, 0.3) is 0 Å². The Kier molecular flexibility index (Phi) is 2.61. The van der Waals surface area contributed by atoms with E-state index in [9.17, 15) is 0 Å². The molecule has 0 radical (unpaired) electrons. The maximum Gasteiger partial charge on any atom is -0.0323 e. The summed E-state index contributed by atoms with van der Waals surface area (Å²) in [4.78, 5) is 0. The largest absolute Gasteiger partial charge is 0.0651 e. The number of rotatable bonds is 1. The molecular formula is C11H22. The van der Waals surface area contributed by atoms with Gasteiger partial charge in [0, 0.05) is 0 Å². The first-order valence-corrected chi connectivity index (χ1v) is 5.06. The Morgan fingerprint density at radius 3 is 2.36 bits per heavy atom. The Morgan fingerprint density at radius 2 is 1.91 bits per heavy atom. The van der Waals surface area contributed by atoms with Crippen LogP contribution in [0.1, 0.15) is 53.4 Å².